The number of nitrogens with one attached hydrogen (secondary N) is 1. The van der Waals surface area contributed by atoms with Gasteiger partial charge in [0.15, 0.2) is 11.5 Å². The summed E-state index contributed by atoms with van der Waals surface area (Å²) in [6.45, 7) is 0.381. The molecule has 1 N–H and O–H groups in total. The van der Waals surface area contributed by atoms with Crippen molar-refractivity contribution >= 4 is 5.82 Å². The van der Waals surface area contributed by atoms with Crippen molar-refractivity contribution in [2.24, 2.45) is 0 Å². The zero-order valence-corrected chi connectivity index (χ0v) is 11.3. The lowest BCUT2D eigenvalue weighted by molar-refractivity contribution is -0.137. The molecule has 8 heteroatoms. The SMILES string of the molecule is N#Cc1nccnc1NCCOc1cccc(C(F)(F)F)c1. The highest BCUT2D eigenvalue weighted by Gasteiger charge is 2.30. The lowest BCUT2D eigenvalue weighted by Gasteiger charge is -2.11. The minimum atomic E-state index is -4.40. The number of nitriles is 1. The van der Waals surface area contributed by atoms with Crippen LogP contribution in [0.15, 0.2) is 36.7 Å². The molecule has 2 aromatic rings. The van der Waals surface area contributed by atoms with Gasteiger partial charge in [-0.05, 0) is 18.2 Å². The first-order valence-electron chi connectivity index (χ1n) is 6.26. The van der Waals surface area contributed by atoms with Crippen LogP contribution in [0.25, 0.3) is 0 Å². The van der Waals surface area contributed by atoms with Crippen LogP contribution in [-0.4, -0.2) is 23.1 Å². The van der Waals surface area contributed by atoms with Crippen molar-refractivity contribution in [1.29, 1.82) is 5.26 Å². The van der Waals surface area contributed by atoms with E-state index in [1.165, 1.54) is 24.5 Å². The Kier molecular flexibility index (Phi) is 4.78. The summed E-state index contributed by atoms with van der Waals surface area (Å²) in [4.78, 5) is 7.76. The third-order valence-corrected chi connectivity index (χ3v) is 2.63. The van der Waals surface area contributed by atoms with Crippen molar-refractivity contribution in [3.63, 3.8) is 0 Å². The van der Waals surface area contributed by atoms with Crippen LogP contribution in [0.4, 0.5) is 19.0 Å². The maximum absolute atomic E-state index is 12.5. The molecule has 5 nitrogen and oxygen atoms in total. The Morgan fingerprint density at radius 1 is 1.23 bits per heavy atom. The molecule has 0 aliphatic heterocycles. The van der Waals surface area contributed by atoms with Gasteiger partial charge in [0, 0.05) is 12.4 Å². The van der Waals surface area contributed by atoms with Crippen LogP contribution in [-0.2, 0) is 6.18 Å². The fourth-order valence-electron chi connectivity index (χ4n) is 1.65. The second-order valence-corrected chi connectivity index (χ2v) is 4.17. The number of halogens is 3. The van der Waals surface area contributed by atoms with Crippen molar-refractivity contribution in [3.8, 4) is 11.8 Å². The van der Waals surface area contributed by atoms with Crippen molar-refractivity contribution in [3.05, 3.63) is 47.9 Å². The Labute approximate surface area is 124 Å². The van der Waals surface area contributed by atoms with Crippen LogP contribution in [0.3, 0.4) is 0 Å². The Balaban J connectivity index is 1.88. The lowest BCUT2D eigenvalue weighted by Crippen LogP contribution is -2.14. The number of benzene rings is 1. The number of aromatic nitrogens is 2. The summed E-state index contributed by atoms with van der Waals surface area (Å²) < 4.78 is 42.9. The smallest absolute Gasteiger partial charge is 0.416 e. The van der Waals surface area contributed by atoms with Crippen LogP contribution in [0.2, 0.25) is 0 Å². The van der Waals surface area contributed by atoms with E-state index >= 15 is 0 Å². The van der Waals surface area contributed by atoms with E-state index in [0.717, 1.165) is 12.1 Å². The summed E-state index contributed by atoms with van der Waals surface area (Å²) in [5, 5.41) is 11.7. The maximum Gasteiger partial charge on any atom is 0.416 e. The zero-order chi connectivity index (χ0) is 16.0. The molecule has 0 saturated heterocycles. The molecule has 2 rings (SSSR count). The molecule has 1 aromatic carbocycles. The summed E-state index contributed by atoms with van der Waals surface area (Å²) in [5.74, 6) is 0.425. The first-order chi connectivity index (χ1) is 10.5. The molecule has 0 aliphatic rings. The fourth-order valence-corrected chi connectivity index (χ4v) is 1.65. The van der Waals surface area contributed by atoms with E-state index in [1.807, 2.05) is 6.07 Å². The molecule has 0 unspecified atom stereocenters. The number of anilines is 1. The first-order valence-corrected chi connectivity index (χ1v) is 6.26. The summed E-state index contributed by atoms with van der Waals surface area (Å²) in [6, 6.07) is 6.51. The molecule has 1 heterocycles. The van der Waals surface area contributed by atoms with E-state index in [0.29, 0.717) is 5.82 Å². The molecule has 0 bridgehead atoms. The number of ether oxygens (including phenoxy) is 1. The highest BCUT2D eigenvalue weighted by molar-refractivity contribution is 5.46. The van der Waals surface area contributed by atoms with Crippen molar-refractivity contribution < 1.29 is 17.9 Å². The summed E-state index contributed by atoms with van der Waals surface area (Å²) in [6.07, 6.45) is -1.58. The third-order valence-electron chi connectivity index (χ3n) is 2.63. The normalized spacial score (nSPS) is 10.8. The van der Waals surface area contributed by atoms with E-state index in [-0.39, 0.29) is 24.6 Å². The Morgan fingerprint density at radius 3 is 2.73 bits per heavy atom. The molecule has 0 aliphatic carbocycles. The van der Waals surface area contributed by atoms with Gasteiger partial charge in [-0.15, -0.1) is 0 Å². The van der Waals surface area contributed by atoms with Gasteiger partial charge in [-0.3, -0.25) is 0 Å². The summed E-state index contributed by atoms with van der Waals surface area (Å²) in [7, 11) is 0. The van der Waals surface area contributed by atoms with Gasteiger partial charge in [0.2, 0.25) is 0 Å². The van der Waals surface area contributed by atoms with Crippen LogP contribution in [0, 0.1) is 11.3 Å². The zero-order valence-electron chi connectivity index (χ0n) is 11.3. The molecule has 1 aromatic heterocycles. The molecule has 0 spiro atoms. The van der Waals surface area contributed by atoms with Gasteiger partial charge in [0.05, 0.1) is 12.1 Å². The number of rotatable bonds is 5. The van der Waals surface area contributed by atoms with E-state index < -0.39 is 11.7 Å². The first kappa shape index (κ1) is 15.6. The Hall–Kier alpha value is -2.82. The number of hydrogen-bond donors (Lipinski definition) is 1. The van der Waals surface area contributed by atoms with Crippen molar-refractivity contribution in [2.45, 2.75) is 6.18 Å². The van der Waals surface area contributed by atoms with Crippen LogP contribution >= 0.6 is 0 Å². The minimum Gasteiger partial charge on any atom is -0.492 e. The quantitative estimate of drug-likeness (QED) is 0.860. The van der Waals surface area contributed by atoms with E-state index in [4.69, 9.17) is 10.00 Å². The van der Waals surface area contributed by atoms with Gasteiger partial charge >= 0.3 is 6.18 Å². The standard InChI is InChI=1S/C14H11F3N4O/c15-14(16,17)10-2-1-3-11(8-10)22-7-6-21-13-12(9-18)19-4-5-20-13/h1-5,8H,6-7H2,(H,20,21). The van der Waals surface area contributed by atoms with Gasteiger partial charge in [0.25, 0.3) is 0 Å². The topological polar surface area (TPSA) is 70.8 Å². The minimum absolute atomic E-state index is 0.114. The highest BCUT2D eigenvalue weighted by Crippen LogP contribution is 2.31. The van der Waals surface area contributed by atoms with Crippen LogP contribution in [0.1, 0.15) is 11.3 Å². The second kappa shape index (κ2) is 6.76. The molecule has 0 atom stereocenters. The van der Waals surface area contributed by atoms with Gasteiger partial charge in [0.1, 0.15) is 18.4 Å². The predicted octanol–water partition coefficient (Wildman–Crippen LogP) is 2.86. The average molecular weight is 308 g/mol. The van der Waals surface area contributed by atoms with Gasteiger partial charge in [-0.1, -0.05) is 6.07 Å². The van der Waals surface area contributed by atoms with Gasteiger partial charge in [-0.25, -0.2) is 9.97 Å². The number of hydrogen-bond acceptors (Lipinski definition) is 5. The van der Waals surface area contributed by atoms with E-state index in [2.05, 4.69) is 15.3 Å². The largest absolute Gasteiger partial charge is 0.492 e. The fraction of sp³-hybridized carbons (Fsp3) is 0.214. The van der Waals surface area contributed by atoms with Gasteiger partial charge < -0.3 is 10.1 Å². The van der Waals surface area contributed by atoms with Gasteiger partial charge in [-0.2, -0.15) is 18.4 Å². The number of nitrogens with zero attached hydrogens (tertiary/aromatic N) is 3. The molecule has 0 radical (unpaired) electrons. The average Bonchev–Trinajstić information content (AvgIpc) is 2.51. The van der Waals surface area contributed by atoms with Crippen LogP contribution < -0.4 is 10.1 Å². The second-order valence-electron chi connectivity index (χ2n) is 4.17. The molecule has 0 amide bonds. The predicted molar refractivity (Wildman–Crippen MR) is 72.2 cm³/mol. The molecule has 22 heavy (non-hydrogen) atoms. The molecule has 114 valence electrons. The van der Waals surface area contributed by atoms with Crippen molar-refractivity contribution in [1.82, 2.24) is 9.97 Å². The molecule has 0 fully saturated rings. The highest BCUT2D eigenvalue weighted by atomic mass is 19.4. The Bertz CT molecular complexity index is 682. The van der Waals surface area contributed by atoms with Crippen LogP contribution in [0.5, 0.6) is 5.75 Å². The summed E-state index contributed by atoms with van der Waals surface area (Å²) >= 11 is 0. The lowest BCUT2D eigenvalue weighted by atomic mass is 10.2. The van der Waals surface area contributed by atoms with E-state index in [9.17, 15) is 13.2 Å². The van der Waals surface area contributed by atoms with Crippen molar-refractivity contribution in [2.75, 3.05) is 18.5 Å². The number of alkyl halides is 3. The van der Waals surface area contributed by atoms with E-state index in [1.54, 1.807) is 0 Å². The monoisotopic (exact) mass is 308 g/mol. The third kappa shape index (κ3) is 4.09. The molecular weight excluding hydrogens is 297 g/mol. The Morgan fingerprint density at radius 2 is 2.00 bits per heavy atom. The maximum atomic E-state index is 12.5. The molecule has 0 saturated carbocycles. The molecular formula is C14H11F3N4O. The summed E-state index contributed by atoms with van der Waals surface area (Å²) in [5.41, 5.74) is -0.625.